The second kappa shape index (κ2) is 7.49. The molecule has 1 aromatic carbocycles. The minimum atomic E-state index is -0.00530. The van der Waals surface area contributed by atoms with Crippen molar-refractivity contribution in [1.82, 2.24) is 15.5 Å². The minimum Gasteiger partial charge on any atom is -0.352 e. The Bertz CT molecular complexity index is 490. The van der Waals surface area contributed by atoms with Crippen LogP contribution >= 0.6 is 11.8 Å². The molecule has 22 heavy (non-hydrogen) atoms. The Morgan fingerprint density at radius 3 is 3.00 bits per heavy atom. The number of carbonyl (C=O) groups is 1. The highest BCUT2D eigenvalue weighted by Gasteiger charge is 2.30. The second-order valence-corrected chi connectivity index (χ2v) is 7.37. The fourth-order valence-electron chi connectivity index (χ4n) is 3.26. The van der Waals surface area contributed by atoms with Crippen molar-refractivity contribution < 1.29 is 4.79 Å². The van der Waals surface area contributed by atoms with Crippen molar-refractivity contribution in [2.24, 2.45) is 5.92 Å². The molecule has 3 unspecified atom stereocenters. The summed E-state index contributed by atoms with van der Waals surface area (Å²) in [5.74, 6) is 2.50. The molecule has 0 aromatic heterocycles. The molecule has 0 bridgehead atoms. The number of likely N-dealkylation sites (tertiary alicyclic amines) is 1. The van der Waals surface area contributed by atoms with Gasteiger partial charge in [-0.05, 0) is 31.4 Å². The third-order valence-corrected chi connectivity index (χ3v) is 5.61. The lowest BCUT2D eigenvalue weighted by molar-refractivity contribution is -0.123. The molecule has 1 amide bonds. The normalized spacial score (nSPS) is 27.0. The van der Waals surface area contributed by atoms with Crippen molar-refractivity contribution >= 4 is 17.7 Å². The van der Waals surface area contributed by atoms with Gasteiger partial charge in [0.25, 0.3) is 0 Å². The van der Waals surface area contributed by atoms with Gasteiger partial charge < -0.3 is 5.32 Å². The molecule has 2 saturated heterocycles. The Balaban J connectivity index is 1.46. The molecule has 4 nitrogen and oxygen atoms in total. The van der Waals surface area contributed by atoms with Gasteiger partial charge in [0.2, 0.25) is 5.91 Å². The number of benzene rings is 1. The summed E-state index contributed by atoms with van der Waals surface area (Å²) < 4.78 is 0. The topological polar surface area (TPSA) is 44.4 Å². The molecule has 0 saturated carbocycles. The Morgan fingerprint density at radius 1 is 1.45 bits per heavy atom. The van der Waals surface area contributed by atoms with E-state index < -0.39 is 0 Å². The van der Waals surface area contributed by atoms with E-state index >= 15 is 0 Å². The Morgan fingerprint density at radius 2 is 2.27 bits per heavy atom. The molecule has 0 aliphatic carbocycles. The van der Waals surface area contributed by atoms with Gasteiger partial charge in [-0.2, -0.15) is 0 Å². The van der Waals surface area contributed by atoms with Gasteiger partial charge in [0, 0.05) is 30.8 Å². The second-order valence-electron chi connectivity index (χ2n) is 6.34. The van der Waals surface area contributed by atoms with E-state index in [2.05, 4.69) is 52.8 Å². The maximum absolute atomic E-state index is 12.2. The summed E-state index contributed by atoms with van der Waals surface area (Å²) >= 11 is 1.79. The van der Waals surface area contributed by atoms with Gasteiger partial charge in [-0.15, -0.1) is 11.8 Å². The van der Waals surface area contributed by atoms with Crippen LogP contribution in [0.15, 0.2) is 30.3 Å². The molecular formula is C17H25N3OS. The lowest BCUT2D eigenvalue weighted by Crippen LogP contribution is -2.48. The number of hydrogen-bond donors (Lipinski definition) is 2. The molecule has 2 aliphatic heterocycles. The Kier molecular flexibility index (Phi) is 5.39. The first-order valence-electron chi connectivity index (χ1n) is 8.10. The summed E-state index contributed by atoms with van der Waals surface area (Å²) in [5, 5.41) is 6.44. The molecule has 3 rings (SSSR count). The van der Waals surface area contributed by atoms with Gasteiger partial charge in [0.05, 0.1) is 6.04 Å². The predicted octanol–water partition coefficient (Wildman–Crippen LogP) is 1.68. The minimum absolute atomic E-state index is 0.00530. The highest BCUT2D eigenvalue weighted by Crippen LogP contribution is 2.22. The highest BCUT2D eigenvalue weighted by molar-refractivity contribution is 7.99. The fraction of sp³-hybridized carbons (Fsp3) is 0.588. The standard InChI is InChI=1S/C17H25N3OS/c1-13(19-17(21)16-11-22-12-18-16)15-7-8-20(10-15)9-14-5-3-2-4-6-14/h2-6,13,15-16,18H,7-12H2,1H3,(H,19,21). The Hall–Kier alpha value is -1.04. The van der Waals surface area contributed by atoms with Crippen molar-refractivity contribution in [3.63, 3.8) is 0 Å². The van der Waals surface area contributed by atoms with E-state index in [9.17, 15) is 4.79 Å². The SMILES string of the molecule is CC(NC(=O)C1CSCN1)C1CCN(Cc2ccccc2)C1. The lowest BCUT2D eigenvalue weighted by atomic mass is 10.0. The molecule has 2 heterocycles. The third-order valence-electron chi connectivity index (χ3n) is 4.67. The summed E-state index contributed by atoms with van der Waals surface area (Å²) in [6.45, 7) is 5.36. The van der Waals surface area contributed by atoms with Crippen LogP contribution in [0.2, 0.25) is 0 Å². The molecular weight excluding hydrogens is 294 g/mol. The van der Waals surface area contributed by atoms with Crippen molar-refractivity contribution in [2.75, 3.05) is 24.7 Å². The zero-order chi connectivity index (χ0) is 15.4. The smallest absolute Gasteiger partial charge is 0.238 e. The van der Waals surface area contributed by atoms with Gasteiger partial charge >= 0.3 is 0 Å². The van der Waals surface area contributed by atoms with Crippen LogP contribution in [0.1, 0.15) is 18.9 Å². The van der Waals surface area contributed by atoms with Crippen LogP contribution in [0.5, 0.6) is 0 Å². The first kappa shape index (κ1) is 15.8. The van der Waals surface area contributed by atoms with E-state index in [0.29, 0.717) is 5.92 Å². The van der Waals surface area contributed by atoms with Crippen LogP contribution in [0.25, 0.3) is 0 Å². The van der Waals surface area contributed by atoms with E-state index in [4.69, 9.17) is 0 Å². The summed E-state index contributed by atoms with van der Waals surface area (Å²) in [6, 6.07) is 10.9. The van der Waals surface area contributed by atoms with Crippen LogP contribution in [0.4, 0.5) is 0 Å². The quantitative estimate of drug-likeness (QED) is 0.867. The number of amides is 1. The number of nitrogens with zero attached hydrogens (tertiary/aromatic N) is 1. The summed E-state index contributed by atoms with van der Waals surface area (Å²) in [7, 11) is 0. The highest BCUT2D eigenvalue weighted by atomic mass is 32.2. The molecule has 1 aromatic rings. The van der Waals surface area contributed by atoms with Crippen LogP contribution in [0, 0.1) is 5.92 Å². The third kappa shape index (κ3) is 4.03. The zero-order valence-corrected chi connectivity index (χ0v) is 13.9. The monoisotopic (exact) mass is 319 g/mol. The van der Waals surface area contributed by atoms with Gasteiger partial charge in [0.15, 0.2) is 0 Å². The maximum atomic E-state index is 12.2. The van der Waals surface area contributed by atoms with E-state index in [1.165, 1.54) is 12.0 Å². The van der Waals surface area contributed by atoms with E-state index in [0.717, 1.165) is 31.3 Å². The number of nitrogens with one attached hydrogen (secondary N) is 2. The zero-order valence-electron chi connectivity index (χ0n) is 13.1. The molecule has 5 heteroatoms. The van der Waals surface area contributed by atoms with Crippen molar-refractivity contribution in [1.29, 1.82) is 0 Å². The Labute approximate surface area is 137 Å². The van der Waals surface area contributed by atoms with Crippen molar-refractivity contribution in [2.45, 2.75) is 32.0 Å². The average Bonchev–Trinajstić information content (AvgIpc) is 3.19. The number of carbonyl (C=O) groups excluding carboxylic acids is 1. The molecule has 120 valence electrons. The van der Waals surface area contributed by atoms with Crippen molar-refractivity contribution in [3.05, 3.63) is 35.9 Å². The largest absolute Gasteiger partial charge is 0.352 e. The summed E-state index contributed by atoms with van der Waals surface area (Å²) in [6.07, 6.45) is 1.17. The number of rotatable bonds is 5. The van der Waals surface area contributed by atoms with Crippen molar-refractivity contribution in [3.8, 4) is 0 Å². The molecule has 3 atom stereocenters. The van der Waals surface area contributed by atoms with E-state index in [1.807, 2.05) is 0 Å². The van der Waals surface area contributed by atoms with E-state index in [-0.39, 0.29) is 18.0 Å². The average molecular weight is 319 g/mol. The first-order valence-corrected chi connectivity index (χ1v) is 9.25. The van der Waals surface area contributed by atoms with Crippen LogP contribution in [-0.4, -0.2) is 47.6 Å². The van der Waals surface area contributed by atoms with Crippen LogP contribution < -0.4 is 10.6 Å². The summed E-state index contributed by atoms with van der Waals surface area (Å²) in [5.41, 5.74) is 1.37. The van der Waals surface area contributed by atoms with Crippen LogP contribution in [-0.2, 0) is 11.3 Å². The summed E-state index contributed by atoms with van der Waals surface area (Å²) in [4.78, 5) is 14.7. The predicted molar refractivity (Wildman–Crippen MR) is 91.7 cm³/mol. The molecule has 2 aliphatic rings. The van der Waals surface area contributed by atoms with Gasteiger partial charge in [-0.3, -0.25) is 15.0 Å². The lowest BCUT2D eigenvalue weighted by Gasteiger charge is -2.23. The van der Waals surface area contributed by atoms with Crippen LogP contribution in [0.3, 0.4) is 0 Å². The molecule has 0 spiro atoms. The van der Waals surface area contributed by atoms with Gasteiger partial charge in [0.1, 0.15) is 0 Å². The van der Waals surface area contributed by atoms with Gasteiger partial charge in [-0.1, -0.05) is 30.3 Å². The fourth-order valence-corrected chi connectivity index (χ4v) is 4.20. The number of hydrogen-bond acceptors (Lipinski definition) is 4. The number of thioether (sulfide) groups is 1. The van der Waals surface area contributed by atoms with E-state index in [1.54, 1.807) is 11.8 Å². The molecule has 2 N–H and O–H groups in total. The maximum Gasteiger partial charge on any atom is 0.238 e. The first-order chi connectivity index (χ1) is 10.7. The molecule has 0 radical (unpaired) electrons. The van der Waals surface area contributed by atoms with Gasteiger partial charge in [-0.25, -0.2) is 0 Å². The molecule has 2 fully saturated rings.